The van der Waals surface area contributed by atoms with Gasteiger partial charge in [0.05, 0.1) is 0 Å². The largest absolute Gasteiger partial charge is 0.381 e. The van der Waals surface area contributed by atoms with E-state index in [1.807, 2.05) is 6.92 Å². The summed E-state index contributed by atoms with van der Waals surface area (Å²) in [5.41, 5.74) is 0.374. The first-order valence-corrected chi connectivity index (χ1v) is 6.93. The zero-order valence-electron chi connectivity index (χ0n) is 11.3. The summed E-state index contributed by atoms with van der Waals surface area (Å²) >= 11 is 0. The molecule has 0 amide bonds. The maximum absolute atomic E-state index is 13.5. The van der Waals surface area contributed by atoms with Crippen LogP contribution in [0.2, 0.25) is 0 Å². The maximum atomic E-state index is 13.5. The molecule has 106 valence electrons. The third kappa shape index (κ3) is 4.88. The van der Waals surface area contributed by atoms with Crippen LogP contribution in [0.5, 0.6) is 0 Å². The van der Waals surface area contributed by atoms with E-state index in [4.69, 9.17) is 4.74 Å². The highest BCUT2D eigenvalue weighted by molar-refractivity contribution is 5.21. The van der Waals surface area contributed by atoms with Gasteiger partial charge >= 0.3 is 0 Å². The van der Waals surface area contributed by atoms with Crippen LogP contribution in [0.1, 0.15) is 37.8 Å². The lowest BCUT2D eigenvalue weighted by molar-refractivity contribution is 0.121. The number of hydrogen-bond acceptors (Lipinski definition) is 2. The second-order valence-electron chi connectivity index (χ2n) is 5.21. The molecule has 4 heteroatoms. The fourth-order valence-electron chi connectivity index (χ4n) is 1.98. The molecule has 1 saturated carbocycles. The summed E-state index contributed by atoms with van der Waals surface area (Å²) < 4.78 is 32.1. The van der Waals surface area contributed by atoms with E-state index in [1.165, 1.54) is 25.0 Å². The number of rotatable bonds is 8. The minimum absolute atomic E-state index is 0.195. The monoisotopic (exact) mass is 269 g/mol. The van der Waals surface area contributed by atoms with Crippen LogP contribution in [-0.2, 0) is 4.74 Å². The molecular formula is C15H21F2NO. The van der Waals surface area contributed by atoms with E-state index in [2.05, 4.69) is 5.32 Å². The van der Waals surface area contributed by atoms with Gasteiger partial charge in [0, 0.05) is 24.8 Å². The van der Waals surface area contributed by atoms with Crippen molar-refractivity contribution >= 4 is 0 Å². The van der Waals surface area contributed by atoms with Crippen LogP contribution in [0.25, 0.3) is 0 Å². The molecule has 1 N–H and O–H groups in total. The van der Waals surface area contributed by atoms with E-state index in [1.54, 1.807) is 0 Å². The number of nitrogens with one attached hydrogen (secondary N) is 1. The van der Waals surface area contributed by atoms with Gasteiger partial charge in [-0.15, -0.1) is 0 Å². The fourth-order valence-corrected chi connectivity index (χ4v) is 1.98. The lowest BCUT2D eigenvalue weighted by Crippen LogP contribution is -2.22. The Morgan fingerprint density at radius 3 is 2.89 bits per heavy atom. The number of ether oxygens (including phenoxy) is 1. The highest BCUT2D eigenvalue weighted by Gasteiger charge is 2.20. The molecule has 1 aromatic rings. The zero-order chi connectivity index (χ0) is 13.7. The Balaban J connectivity index is 1.65. The van der Waals surface area contributed by atoms with Gasteiger partial charge in [0.2, 0.25) is 0 Å². The third-order valence-corrected chi connectivity index (χ3v) is 3.39. The fraction of sp³-hybridized carbons (Fsp3) is 0.600. The smallest absolute Gasteiger partial charge is 0.128 e. The molecule has 0 aliphatic heterocycles. The van der Waals surface area contributed by atoms with E-state index in [0.29, 0.717) is 5.56 Å². The zero-order valence-corrected chi connectivity index (χ0v) is 11.3. The summed E-state index contributed by atoms with van der Waals surface area (Å²) in [6, 6.07) is 3.36. The van der Waals surface area contributed by atoms with Gasteiger partial charge in [0.1, 0.15) is 11.6 Å². The van der Waals surface area contributed by atoms with Crippen molar-refractivity contribution in [3.8, 4) is 0 Å². The van der Waals surface area contributed by atoms with Crippen LogP contribution in [0.4, 0.5) is 8.78 Å². The summed E-state index contributed by atoms with van der Waals surface area (Å²) in [6.45, 7) is 4.17. The number of hydrogen-bond donors (Lipinski definition) is 1. The van der Waals surface area contributed by atoms with Crippen LogP contribution in [0.15, 0.2) is 18.2 Å². The Hall–Kier alpha value is -1.00. The van der Waals surface area contributed by atoms with Crippen LogP contribution < -0.4 is 5.32 Å². The third-order valence-electron chi connectivity index (χ3n) is 3.39. The topological polar surface area (TPSA) is 21.3 Å². The van der Waals surface area contributed by atoms with Crippen LogP contribution in [-0.4, -0.2) is 19.8 Å². The first kappa shape index (κ1) is 14.4. The summed E-state index contributed by atoms with van der Waals surface area (Å²) in [7, 11) is 0. The average Bonchev–Trinajstić information content (AvgIpc) is 3.20. The van der Waals surface area contributed by atoms with Crippen molar-refractivity contribution in [1.29, 1.82) is 0 Å². The second kappa shape index (κ2) is 6.96. The van der Waals surface area contributed by atoms with Crippen molar-refractivity contribution in [1.82, 2.24) is 5.32 Å². The predicted molar refractivity (Wildman–Crippen MR) is 70.9 cm³/mol. The van der Waals surface area contributed by atoms with Crippen molar-refractivity contribution in [3.05, 3.63) is 35.4 Å². The molecule has 0 saturated heterocycles. The van der Waals surface area contributed by atoms with E-state index >= 15 is 0 Å². The molecule has 1 fully saturated rings. The van der Waals surface area contributed by atoms with Gasteiger partial charge in [0.25, 0.3) is 0 Å². The molecule has 1 unspecified atom stereocenters. The van der Waals surface area contributed by atoms with Gasteiger partial charge < -0.3 is 10.1 Å². The standard InChI is InChI=1S/C15H21F2NO/c1-11(14-9-13(16)5-6-15(14)17)18-7-2-8-19-10-12-3-4-12/h5-6,9,11-12,18H,2-4,7-8,10H2,1H3. The van der Waals surface area contributed by atoms with Gasteiger partial charge in [-0.1, -0.05) is 0 Å². The van der Waals surface area contributed by atoms with Crippen molar-refractivity contribution in [2.75, 3.05) is 19.8 Å². The van der Waals surface area contributed by atoms with Gasteiger partial charge in [-0.05, 0) is 56.8 Å². The predicted octanol–water partition coefficient (Wildman–Crippen LogP) is 3.43. The van der Waals surface area contributed by atoms with E-state index in [9.17, 15) is 8.78 Å². The molecular weight excluding hydrogens is 248 g/mol. The van der Waals surface area contributed by atoms with Gasteiger partial charge in [0.15, 0.2) is 0 Å². The molecule has 19 heavy (non-hydrogen) atoms. The summed E-state index contributed by atoms with van der Waals surface area (Å²) in [6.07, 6.45) is 3.48. The lowest BCUT2D eigenvalue weighted by atomic mass is 10.1. The SMILES string of the molecule is CC(NCCCOCC1CC1)c1cc(F)ccc1F. The van der Waals surface area contributed by atoms with Gasteiger partial charge in [-0.3, -0.25) is 0 Å². The molecule has 0 bridgehead atoms. The highest BCUT2D eigenvalue weighted by atomic mass is 19.1. The quantitative estimate of drug-likeness (QED) is 0.730. The molecule has 0 spiro atoms. The summed E-state index contributed by atoms with van der Waals surface area (Å²) in [5.74, 6) is 0.0115. The lowest BCUT2D eigenvalue weighted by Gasteiger charge is -2.15. The first-order chi connectivity index (χ1) is 9.16. The second-order valence-corrected chi connectivity index (χ2v) is 5.21. The molecule has 1 aliphatic rings. The van der Waals surface area contributed by atoms with Crippen LogP contribution >= 0.6 is 0 Å². The van der Waals surface area contributed by atoms with Crippen LogP contribution in [0, 0.1) is 17.6 Å². The van der Waals surface area contributed by atoms with Gasteiger partial charge in [-0.2, -0.15) is 0 Å². The first-order valence-electron chi connectivity index (χ1n) is 6.93. The van der Waals surface area contributed by atoms with Gasteiger partial charge in [-0.25, -0.2) is 8.78 Å². The molecule has 0 heterocycles. The summed E-state index contributed by atoms with van der Waals surface area (Å²) in [4.78, 5) is 0. The minimum atomic E-state index is -0.405. The molecule has 1 aromatic carbocycles. The van der Waals surface area contributed by atoms with Crippen molar-refractivity contribution < 1.29 is 13.5 Å². The minimum Gasteiger partial charge on any atom is -0.381 e. The molecule has 0 aromatic heterocycles. The molecule has 2 nitrogen and oxygen atoms in total. The summed E-state index contributed by atoms with van der Waals surface area (Å²) in [5, 5.41) is 3.18. The van der Waals surface area contributed by atoms with E-state index < -0.39 is 5.82 Å². The highest BCUT2D eigenvalue weighted by Crippen LogP contribution is 2.28. The Morgan fingerprint density at radius 2 is 2.16 bits per heavy atom. The maximum Gasteiger partial charge on any atom is 0.128 e. The Kier molecular flexibility index (Phi) is 5.28. The Bertz CT molecular complexity index is 407. The Morgan fingerprint density at radius 1 is 1.37 bits per heavy atom. The molecule has 0 radical (unpaired) electrons. The van der Waals surface area contributed by atoms with Crippen LogP contribution in [0.3, 0.4) is 0 Å². The normalized spacial score (nSPS) is 16.6. The molecule has 1 atom stereocenters. The number of halogens is 2. The van der Waals surface area contributed by atoms with E-state index in [0.717, 1.165) is 38.2 Å². The molecule has 2 rings (SSSR count). The Labute approximate surface area is 113 Å². The molecule has 1 aliphatic carbocycles. The van der Waals surface area contributed by atoms with Crippen molar-refractivity contribution in [2.45, 2.75) is 32.2 Å². The average molecular weight is 269 g/mol. The number of benzene rings is 1. The van der Waals surface area contributed by atoms with Crippen molar-refractivity contribution in [3.63, 3.8) is 0 Å². The van der Waals surface area contributed by atoms with E-state index in [-0.39, 0.29) is 11.9 Å². The van der Waals surface area contributed by atoms with Crippen molar-refractivity contribution in [2.24, 2.45) is 5.92 Å².